The van der Waals surface area contributed by atoms with Crippen molar-refractivity contribution in [2.45, 2.75) is 24.4 Å². The number of aromatic carboxylic acids is 1. The highest BCUT2D eigenvalue weighted by Crippen LogP contribution is 2.41. The van der Waals surface area contributed by atoms with Crippen molar-refractivity contribution in [3.8, 4) is 0 Å². The Bertz CT molecular complexity index is 889. The van der Waals surface area contributed by atoms with Crippen molar-refractivity contribution in [1.29, 1.82) is 0 Å². The van der Waals surface area contributed by atoms with Crippen molar-refractivity contribution in [3.63, 3.8) is 0 Å². The molecule has 0 radical (unpaired) electrons. The Morgan fingerprint density at radius 2 is 1.93 bits per heavy atom. The van der Waals surface area contributed by atoms with Crippen LogP contribution in [0.15, 0.2) is 42.5 Å². The number of alkyl halides is 2. The van der Waals surface area contributed by atoms with Crippen LogP contribution in [0, 0.1) is 11.8 Å². The minimum Gasteiger partial charge on any atom is -0.477 e. The standard InChI is InChI=1S/C21H18Cl3FO2S/c22-13-8-12(9-14(23)10-13)4-6-17-16(18(24)11-19(17)25)3-1-2-15-5-7-20(28-15)21(26)27/h1-2,4-10,16-19H,3,11H2,(H,26,27)/b2-1+,6-4+/t16-,17-,18-,19-/m1/s1. The summed E-state index contributed by atoms with van der Waals surface area (Å²) in [5, 5.41) is 9.79. The van der Waals surface area contributed by atoms with Crippen LogP contribution in [0.5, 0.6) is 0 Å². The van der Waals surface area contributed by atoms with Gasteiger partial charge in [0.1, 0.15) is 11.0 Å². The van der Waals surface area contributed by atoms with Crippen LogP contribution in [0.1, 0.15) is 33.0 Å². The molecule has 1 aromatic heterocycles. The predicted molar refractivity (Wildman–Crippen MR) is 117 cm³/mol. The fourth-order valence-electron chi connectivity index (χ4n) is 3.42. The van der Waals surface area contributed by atoms with Crippen LogP contribution in [0.3, 0.4) is 0 Å². The van der Waals surface area contributed by atoms with Crippen LogP contribution in [0.25, 0.3) is 12.2 Å². The molecule has 0 unspecified atom stereocenters. The molecule has 1 aromatic carbocycles. The molecular weight excluding hydrogens is 442 g/mol. The smallest absolute Gasteiger partial charge is 0.345 e. The van der Waals surface area contributed by atoms with E-state index >= 15 is 0 Å². The van der Waals surface area contributed by atoms with Gasteiger partial charge in [0.15, 0.2) is 0 Å². The number of rotatable bonds is 6. The van der Waals surface area contributed by atoms with Crippen molar-refractivity contribution in [3.05, 3.63) is 67.8 Å². The molecule has 0 saturated heterocycles. The van der Waals surface area contributed by atoms with Crippen LogP contribution >= 0.6 is 46.1 Å². The van der Waals surface area contributed by atoms with E-state index in [1.807, 2.05) is 24.3 Å². The Balaban J connectivity index is 1.70. The van der Waals surface area contributed by atoms with Gasteiger partial charge in [-0.15, -0.1) is 22.9 Å². The van der Waals surface area contributed by atoms with E-state index in [9.17, 15) is 9.18 Å². The number of halogens is 4. The van der Waals surface area contributed by atoms with Gasteiger partial charge >= 0.3 is 5.97 Å². The van der Waals surface area contributed by atoms with Gasteiger partial charge in [-0.2, -0.15) is 0 Å². The minimum absolute atomic E-state index is 0.0438. The lowest BCUT2D eigenvalue weighted by molar-refractivity contribution is 0.0702. The van der Waals surface area contributed by atoms with E-state index in [1.165, 1.54) is 11.3 Å². The number of benzene rings is 1. The second-order valence-electron chi connectivity index (χ2n) is 6.72. The number of hydrogen-bond donors (Lipinski definition) is 1. The summed E-state index contributed by atoms with van der Waals surface area (Å²) in [5.41, 5.74) is 0.816. The molecule has 2 nitrogen and oxygen atoms in total. The second-order valence-corrected chi connectivity index (χ2v) is 9.26. The molecule has 28 heavy (non-hydrogen) atoms. The van der Waals surface area contributed by atoms with Gasteiger partial charge in [-0.05, 0) is 60.7 Å². The lowest BCUT2D eigenvalue weighted by Crippen LogP contribution is -2.15. The zero-order valence-electron chi connectivity index (χ0n) is 14.7. The zero-order chi connectivity index (χ0) is 20.3. The van der Waals surface area contributed by atoms with Gasteiger partial charge in [-0.1, -0.05) is 41.4 Å². The van der Waals surface area contributed by atoms with Gasteiger partial charge in [0, 0.05) is 26.2 Å². The first kappa shape index (κ1) is 21.4. The SMILES string of the molecule is O=C(O)c1ccc(/C=C/C[C@@H]2[C@@H](/C=C/c3cc(Cl)cc(Cl)c3)[C@H](F)C[C@H]2Cl)s1. The van der Waals surface area contributed by atoms with E-state index < -0.39 is 12.1 Å². The van der Waals surface area contributed by atoms with E-state index in [-0.39, 0.29) is 17.2 Å². The second kappa shape index (κ2) is 9.45. The molecule has 2 aromatic rings. The molecule has 0 spiro atoms. The Morgan fingerprint density at radius 3 is 2.57 bits per heavy atom. The molecule has 148 valence electrons. The fourth-order valence-corrected chi connectivity index (χ4v) is 5.18. The normalized spacial score (nSPS) is 25.1. The molecule has 1 aliphatic carbocycles. The molecule has 1 aliphatic rings. The molecule has 1 heterocycles. The summed E-state index contributed by atoms with van der Waals surface area (Å²) in [7, 11) is 0. The molecule has 4 atom stereocenters. The quantitative estimate of drug-likeness (QED) is 0.455. The van der Waals surface area contributed by atoms with E-state index in [0.717, 1.165) is 10.4 Å². The number of allylic oxidation sites excluding steroid dienone is 2. The van der Waals surface area contributed by atoms with Crippen LogP contribution in [-0.2, 0) is 0 Å². The minimum atomic E-state index is -1.01. The van der Waals surface area contributed by atoms with Crippen LogP contribution in [-0.4, -0.2) is 22.6 Å². The maximum absolute atomic E-state index is 14.5. The predicted octanol–water partition coefficient (Wildman–Crippen LogP) is 7.45. The van der Waals surface area contributed by atoms with Gasteiger partial charge < -0.3 is 5.11 Å². The monoisotopic (exact) mass is 458 g/mol. The molecule has 3 rings (SSSR count). The van der Waals surface area contributed by atoms with E-state index in [4.69, 9.17) is 39.9 Å². The van der Waals surface area contributed by atoms with Crippen LogP contribution in [0.4, 0.5) is 4.39 Å². The first-order chi connectivity index (χ1) is 13.3. The number of carbonyl (C=O) groups is 1. The van der Waals surface area contributed by atoms with Crippen molar-refractivity contribution in [1.82, 2.24) is 0 Å². The van der Waals surface area contributed by atoms with Crippen molar-refractivity contribution in [2.75, 3.05) is 0 Å². The summed E-state index contributed by atoms with van der Waals surface area (Å²) in [6, 6.07) is 8.53. The van der Waals surface area contributed by atoms with E-state index in [0.29, 0.717) is 27.8 Å². The number of carboxylic acid groups (broad SMARTS) is 1. The molecule has 0 aliphatic heterocycles. The van der Waals surface area contributed by atoms with E-state index in [1.54, 1.807) is 30.3 Å². The third-order valence-electron chi connectivity index (χ3n) is 4.75. The summed E-state index contributed by atoms with van der Waals surface area (Å²) in [6.45, 7) is 0. The van der Waals surface area contributed by atoms with Crippen LogP contribution < -0.4 is 0 Å². The molecular formula is C21H18Cl3FO2S. The highest BCUT2D eigenvalue weighted by molar-refractivity contribution is 7.14. The summed E-state index contributed by atoms with van der Waals surface area (Å²) in [4.78, 5) is 12.1. The fraction of sp³-hybridized carbons (Fsp3) is 0.286. The average molecular weight is 460 g/mol. The third kappa shape index (κ3) is 5.38. The van der Waals surface area contributed by atoms with Crippen molar-refractivity contribution >= 4 is 64.3 Å². The summed E-state index contributed by atoms with van der Waals surface area (Å²) in [6.07, 6.45) is 7.40. The number of thiophene rings is 1. The summed E-state index contributed by atoms with van der Waals surface area (Å²) < 4.78 is 14.5. The first-order valence-electron chi connectivity index (χ1n) is 8.75. The van der Waals surface area contributed by atoms with Gasteiger partial charge in [0.05, 0.1) is 0 Å². The lowest BCUT2D eigenvalue weighted by atomic mass is 9.91. The Hall–Kier alpha value is -1.33. The van der Waals surface area contributed by atoms with E-state index in [2.05, 4.69) is 0 Å². The topological polar surface area (TPSA) is 37.3 Å². The zero-order valence-corrected chi connectivity index (χ0v) is 17.8. The summed E-state index contributed by atoms with van der Waals surface area (Å²) in [5.74, 6) is -1.28. The molecule has 1 N–H and O–H groups in total. The highest BCUT2D eigenvalue weighted by Gasteiger charge is 2.40. The van der Waals surface area contributed by atoms with Gasteiger partial charge in [0.25, 0.3) is 0 Å². The van der Waals surface area contributed by atoms with Crippen molar-refractivity contribution in [2.24, 2.45) is 11.8 Å². The van der Waals surface area contributed by atoms with Gasteiger partial charge in [0.2, 0.25) is 0 Å². The average Bonchev–Trinajstić information content (AvgIpc) is 3.18. The van der Waals surface area contributed by atoms with Crippen molar-refractivity contribution < 1.29 is 14.3 Å². The lowest BCUT2D eigenvalue weighted by Gasteiger charge is -2.18. The first-order valence-corrected chi connectivity index (χ1v) is 10.8. The largest absolute Gasteiger partial charge is 0.477 e. The Morgan fingerprint density at radius 1 is 1.21 bits per heavy atom. The number of hydrogen-bond acceptors (Lipinski definition) is 2. The maximum atomic E-state index is 14.5. The van der Waals surface area contributed by atoms with Crippen LogP contribution in [0.2, 0.25) is 10.0 Å². The molecule has 0 bridgehead atoms. The Kier molecular flexibility index (Phi) is 7.21. The summed E-state index contributed by atoms with van der Waals surface area (Å²) >= 11 is 19.6. The Labute approximate surface area is 182 Å². The molecule has 1 saturated carbocycles. The molecule has 0 amide bonds. The van der Waals surface area contributed by atoms with Gasteiger partial charge in [-0.3, -0.25) is 0 Å². The highest BCUT2D eigenvalue weighted by atomic mass is 35.5. The maximum Gasteiger partial charge on any atom is 0.345 e. The van der Waals surface area contributed by atoms with Gasteiger partial charge in [-0.25, -0.2) is 9.18 Å². The molecule has 1 fully saturated rings. The molecule has 7 heteroatoms. The third-order valence-corrected chi connectivity index (χ3v) is 6.73. The number of carboxylic acids is 1.